The van der Waals surface area contributed by atoms with Gasteiger partial charge < -0.3 is 25.0 Å². The van der Waals surface area contributed by atoms with E-state index in [1.807, 2.05) is 18.2 Å². The van der Waals surface area contributed by atoms with Crippen molar-refractivity contribution < 1.29 is 14.3 Å². The van der Waals surface area contributed by atoms with Crippen LogP contribution >= 0.6 is 36.4 Å². The quantitative estimate of drug-likeness (QED) is 0.795. The highest BCUT2D eigenvalue weighted by Gasteiger charge is 2.21. The van der Waals surface area contributed by atoms with Crippen LogP contribution in [0.2, 0.25) is 5.02 Å². The molecule has 3 rings (SSSR count). The normalized spacial score (nSPS) is 20.2. The first-order chi connectivity index (χ1) is 11.2. The van der Waals surface area contributed by atoms with Crippen molar-refractivity contribution in [2.24, 2.45) is 0 Å². The number of halogens is 3. The molecule has 25 heavy (non-hydrogen) atoms. The molecule has 2 aliphatic heterocycles. The summed E-state index contributed by atoms with van der Waals surface area (Å²) in [4.78, 5) is 14.5. The fourth-order valence-electron chi connectivity index (χ4n) is 2.90. The van der Waals surface area contributed by atoms with Crippen molar-refractivity contribution in [1.29, 1.82) is 0 Å². The summed E-state index contributed by atoms with van der Waals surface area (Å²) in [7, 11) is 0. The summed E-state index contributed by atoms with van der Waals surface area (Å²) in [6, 6.07) is 5.65. The van der Waals surface area contributed by atoms with E-state index in [2.05, 4.69) is 15.5 Å². The van der Waals surface area contributed by atoms with Gasteiger partial charge in [0.1, 0.15) is 0 Å². The molecule has 1 unspecified atom stereocenters. The van der Waals surface area contributed by atoms with Gasteiger partial charge in [0.05, 0.1) is 42.8 Å². The van der Waals surface area contributed by atoms with Gasteiger partial charge in [-0.1, -0.05) is 17.7 Å². The van der Waals surface area contributed by atoms with E-state index >= 15 is 0 Å². The largest absolute Gasteiger partial charge is 0.378 e. The van der Waals surface area contributed by atoms with Crippen LogP contribution in [0.4, 0.5) is 11.4 Å². The third-order valence-electron chi connectivity index (χ3n) is 4.02. The second-order valence-corrected chi connectivity index (χ2v) is 6.12. The number of amides is 1. The van der Waals surface area contributed by atoms with Gasteiger partial charge in [-0.15, -0.1) is 24.8 Å². The number of anilines is 2. The van der Waals surface area contributed by atoms with Crippen molar-refractivity contribution in [3.05, 3.63) is 23.2 Å². The molecule has 0 aliphatic carbocycles. The Labute approximate surface area is 165 Å². The molecule has 2 fully saturated rings. The van der Waals surface area contributed by atoms with Gasteiger partial charge in [-0.2, -0.15) is 0 Å². The second-order valence-electron chi connectivity index (χ2n) is 5.71. The van der Waals surface area contributed by atoms with Crippen molar-refractivity contribution in [3.63, 3.8) is 0 Å². The Balaban J connectivity index is 0.00000156. The van der Waals surface area contributed by atoms with Crippen molar-refractivity contribution in [2.75, 3.05) is 56.3 Å². The van der Waals surface area contributed by atoms with Crippen LogP contribution in [0.3, 0.4) is 0 Å². The maximum Gasteiger partial charge on any atom is 0.226 e. The van der Waals surface area contributed by atoms with Crippen LogP contribution in [-0.2, 0) is 14.3 Å². The fourth-order valence-corrected chi connectivity index (χ4v) is 3.19. The third kappa shape index (κ3) is 6.16. The van der Waals surface area contributed by atoms with Crippen LogP contribution in [0.25, 0.3) is 0 Å². The molecular weight excluding hydrogens is 389 g/mol. The Hall–Kier alpha value is -0.760. The molecule has 2 N–H and O–H groups in total. The lowest BCUT2D eigenvalue weighted by Crippen LogP contribution is -2.43. The van der Waals surface area contributed by atoms with E-state index in [-0.39, 0.29) is 36.8 Å². The highest BCUT2D eigenvalue weighted by molar-refractivity contribution is 6.34. The molecule has 2 heterocycles. The predicted molar refractivity (Wildman–Crippen MR) is 105 cm³/mol. The van der Waals surface area contributed by atoms with Gasteiger partial charge in [0.2, 0.25) is 5.91 Å². The molecule has 0 bridgehead atoms. The third-order valence-corrected chi connectivity index (χ3v) is 4.32. The van der Waals surface area contributed by atoms with Crippen molar-refractivity contribution in [3.8, 4) is 0 Å². The molecule has 1 aromatic rings. The van der Waals surface area contributed by atoms with E-state index in [0.717, 1.165) is 31.0 Å². The monoisotopic (exact) mass is 411 g/mol. The molecule has 142 valence electrons. The second kappa shape index (κ2) is 11.1. The van der Waals surface area contributed by atoms with Gasteiger partial charge in [0.25, 0.3) is 0 Å². The Morgan fingerprint density at radius 1 is 1.24 bits per heavy atom. The number of morpholine rings is 2. The van der Waals surface area contributed by atoms with E-state index in [4.69, 9.17) is 21.1 Å². The summed E-state index contributed by atoms with van der Waals surface area (Å²) in [5.41, 5.74) is 1.62. The summed E-state index contributed by atoms with van der Waals surface area (Å²) in [6.07, 6.45) is 0.384. The lowest BCUT2D eigenvalue weighted by atomic mass is 10.1. The van der Waals surface area contributed by atoms with Gasteiger partial charge in [-0.3, -0.25) is 4.79 Å². The predicted octanol–water partition coefficient (Wildman–Crippen LogP) is 2.34. The van der Waals surface area contributed by atoms with Gasteiger partial charge >= 0.3 is 0 Å². The number of hydrogen-bond acceptors (Lipinski definition) is 5. The molecule has 0 saturated carbocycles. The summed E-state index contributed by atoms with van der Waals surface area (Å²) in [5.74, 6) is -0.0372. The van der Waals surface area contributed by atoms with Gasteiger partial charge in [0, 0.05) is 32.1 Å². The van der Waals surface area contributed by atoms with E-state index in [9.17, 15) is 4.79 Å². The molecule has 0 aromatic heterocycles. The minimum Gasteiger partial charge on any atom is -0.378 e. The number of benzene rings is 1. The van der Waals surface area contributed by atoms with Crippen molar-refractivity contribution in [2.45, 2.75) is 12.5 Å². The maximum absolute atomic E-state index is 12.3. The molecule has 6 nitrogen and oxygen atoms in total. The maximum atomic E-state index is 12.3. The average molecular weight is 413 g/mol. The van der Waals surface area contributed by atoms with Crippen LogP contribution in [0.15, 0.2) is 18.2 Å². The van der Waals surface area contributed by atoms with Crippen molar-refractivity contribution in [1.82, 2.24) is 5.32 Å². The van der Waals surface area contributed by atoms with E-state index in [1.54, 1.807) is 0 Å². The SMILES string of the molecule is Cl.Cl.O=C(CC1COCCN1)Nc1cccc(Cl)c1N1CCOCC1. The minimum atomic E-state index is -0.0372. The molecule has 0 radical (unpaired) electrons. The van der Waals surface area contributed by atoms with Crippen LogP contribution in [-0.4, -0.2) is 58.0 Å². The van der Waals surface area contributed by atoms with Gasteiger partial charge in [0.15, 0.2) is 0 Å². The number of nitrogens with zero attached hydrogens (tertiary/aromatic N) is 1. The first-order valence-corrected chi connectivity index (χ1v) is 8.34. The van der Waals surface area contributed by atoms with Crippen LogP contribution in [0, 0.1) is 0 Å². The molecule has 0 spiro atoms. The van der Waals surface area contributed by atoms with Gasteiger partial charge in [-0.25, -0.2) is 0 Å². The first kappa shape index (κ1) is 22.3. The number of carbonyl (C=O) groups is 1. The standard InChI is InChI=1S/C16H22ClN3O3.2ClH/c17-13-2-1-3-14(16(13)20-5-8-22-9-6-20)19-15(21)10-12-11-23-7-4-18-12;;/h1-3,12,18H,4-11H2,(H,19,21);2*1H. The van der Waals surface area contributed by atoms with Crippen LogP contribution < -0.4 is 15.5 Å². The van der Waals surface area contributed by atoms with E-state index in [1.165, 1.54) is 0 Å². The number of carbonyl (C=O) groups excluding carboxylic acids is 1. The zero-order chi connectivity index (χ0) is 16.1. The Morgan fingerprint density at radius 3 is 2.68 bits per heavy atom. The zero-order valence-electron chi connectivity index (χ0n) is 13.8. The molecule has 2 saturated heterocycles. The average Bonchev–Trinajstić information content (AvgIpc) is 2.56. The smallest absolute Gasteiger partial charge is 0.226 e. The molecule has 2 aliphatic rings. The minimum absolute atomic E-state index is 0. The number of hydrogen-bond donors (Lipinski definition) is 2. The highest BCUT2D eigenvalue weighted by Crippen LogP contribution is 2.34. The van der Waals surface area contributed by atoms with Gasteiger partial charge in [-0.05, 0) is 12.1 Å². The Morgan fingerprint density at radius 2 is 2.00 bits per heavy atom. The number of nitrogens with one attached hydrogen (secondary N) is 2. The number of rotatable bonds is 4. The lowest BCUT2D eigenvalue weighted by molar-refractivity contribution is -0.117. The highest BCUT2D eigenvalue weighted by atomic mass is 35.5. The van der Waals surface area contributed by atoms with Crippen LogP contribution in [0.1, 0.15) is 6.42 Å². The molecule has 1 atom stereocenters. The zero-order valence-corrected chi connectivity index (χ0v) is 16.2. The number of para-hydroxylation sites is 1. The first-order valence-electron chi connectivity index (χ1n) is 7.96. The van der Waals surface area contributed by atoms with E-state index in [0.29, 0.717) is 37.9 Å². The van der Waals surface area contributed by atoms with Crippen molar-refractivity contribution >= 4 is 53.7 Å². The molecule has 9 heteroatoms. The topological polar surface area (TPSA) is 62.8 Å². The Kier molecular flexibility index (Phi) is 9.86. The molecule has 1 amide bonds. The van der Waals surface area contributed by atoms with Crippen LogP contribution in [0.5, 0.6) is 0 Å². The summed E-state index contributed by atoms with van der Waals surface area (Å²) >= 11 is 6.37. The molecular formula is C16H24Cl3N3O3. The summed E-state index contributed by atoms with van der Waals surface area (Å²) in [5, 5.41) is 6.92. The van der Waals surface area contributed by atoms with E-state index < -0.39 is 0 Å². The fraction of sp³-hybridized carbons (Fsp3) is 0.562. The Bertz CT molecular complexity index is 551. The number of ether oxygens (including phenoxy) is 2. The molecule has 1 aromatic carbocycles. The summed E-state index contributed by atoms with van der Waals surface area (Å²) in [6.45, 7) is 4.93. The lowest BCUT2D eigenvalue weighted by Gasteiger charge is -2.31. The summed E-state index contributed by atoms with van der Waals surface area (Å²) < 4.78 is 10.8.